The number of fused-ring (bicyclic) bond motifs is 3. The first kappa shape index (κ1) is 8.68. The molecule has 2 aliphatic heterocycles. The fraction of sp³-hybridized carbons (Fsp3) is 0.900. The van der Waals surface area contributed by atoms with E-state index in [4.69, 9.17) is 14.2 Å². The highest BCUT2D eigenvalue weighted by atomic mass is 16.8. The molecule has 2 saturated heterocycles. The second-order valence-corrected chi connectivity index (χ2v) is 4.79. The molecule has 1 aliphatic carbocycles. The number of ether oxygens (including phenoxy) is 3. The summed E-state index contributed by atoms with van der Waals surface area (Å²) in [6.45, 7) is 3.80. The minimum Gasteiger partial charge on any atom is -0.459 e. The van der Waals surface area contributed by atoms with Gasteiger partial charge in [-0.2, -0.15) is 0 Å². The molecule has 4 atom stereocenters. The molecule has 3 aliphatic rings. The zero-order valence-corrected chi connectivity index (χ0v) is 8.36. The second kappa shape index (κ2) is 2.49. The zero-order valence-electron chi connectivity index (χ0n) is 8.36. The van der Waals surface area contributed by atoms with Gasteiger partial charge in [0.05, 0.1) is 12.5 Å². The summed E-state index contributed by atoms with van der Waals surface area (Å²) in [6.07, 6.45) is 1.44. The maximum absolute atomic E-state index is 11.1. The van der Waals surface area contributed by atoms with Crippen molar-refractivity contribution in [1.82, 2.24) is 0 Å². The number of carbonyl (C=O) groups is 1. The van der Waals surface area contributed by atoms with Crippen LogP contribution in [0.2, 0.25) is 0 Å². The molecule has 0 radical (unpaired) electrons. The van der Waals surface area contributed by atoms with E-state index in [-0.39, 0.29) is 24.3 Å². The van der Waals surface area contributed by atoms with Crippen LogP contribution in [-0.4, -0.2) is 30.1 Å². The normalized spacial score (nSPS) is 48.9. The second-order valence-electron chi connectivity index (χ2n) is 4.79. The molecule has 0 aromatic heterocycles. The first-order valence-corrected chi connectivity index (χ1v) is 5.10. The van der Waals surface area contributed by atoms with E-state index in [9.17, 15) is 4.79 Å². The molecule has 78 valence electrons. The van der Waals surface area contributed by atoms with E-state index in [0.29, 0.717) is 12.3 Å². The summed E-state index contributed by atoms with van der Waals surface area (Å²) >= 11 is 0. The Hall–Kier alpha value is -0.610. The van der Waals surface area contributed by atoms with E-state index < -0.39 is 5.79 Å². The summed E-state index contributed by atoms with van der Waals surface area (Å²) in [5.41, 5.74) is 0. The maximum Gasteiger partial charge on any atom is 0.306 e. The molecule has 1 saturated carbocycles. The van der Waals surface area contributed by atoms with Crippen molar-refractivity contribution in [1.29, 1.82) is 0 Å². The van der Waals surface area contributed by atoms with Crippen LogP contribution in [0, 0.1) is 5.92 Å². The van der Waals surface area contributed by atoms with E-state index in [0.717, 1.165) is 6.42 Å². The van der Waals surface area contributed by atoms with Gasteiger partial charge >= 0.3 is 5.97 Å². The molecule has 0 aromatic carbocycles. The van der Waals surface area contributed by atoms with Crippen LogP contribution in [0.15, 0.2) is 0 Å². The Kier molecular flexibility index (Phi) is 1.55. The Morgan fingerprint density at radius 3 is 2.86 bits per heavy atom. The van der Waals surface area contributed by atoms with E-state index in [1.54, 1.807) is 0 Å². The Labute approximate surface area is 82.5 Å². The van der Waals surface area contributed by atoms with Crippen molar-refractivity contribution in [2.75, 3.05) is 0 Å². The summed E-state index contributed by atoms with van der Waals surface area (Å²) < 4.78 is 16.7. The number of rotatable bonds is 0. The summed E-state index contributed by atoms with van der Waals surface area (Å²) in [5.74, 6) is -0.296. The van der Waals surface area contributed by atoms with E-state index >= 15 is 0 Å². The predicted octanol–water partition coefficient (Wildman–Crippen LogP) is 0.842. The lowest BCUT2D eigenvalue weighted by Gasteiger charge is -2.21. The van der Waals surface area contributed by atoms with Crippen molar-refractivity contribution in [2.45, 2.75) is 50.8 Å². The van der Waals surface area contributed by atoms with Gasteiger partial charge in [0, 0.05) is 5.92 Å². The van der Waals surface area contributed by atoms with Crippen LogP contribution in [0.5, 0.6) is 0 Å². The number of esters is 1. The fourth-order valence-electron chi connectivity index (χ4n) is 2.80. The SMILES string of the molecule is CC1(C)OC2[C@H](C[C@@H]3CC(=O)O[C@H]23)O1. The predicted molar refractivity (Wildman–Crippen MR) is 46.4 cm³/mol. The standard InChI is InChI=1S/C10H14O4/c1-10(2)13-6-3-5-4-7(11)12-8(5)9(6)14-10/h5-6,8-9H,3-4H2,1-2H3/t5-,6+,8+,9?/m1/s1. The third-order valence-corrected chi connectivity index (χ3v) is 3.24. The summed E-state index contributed by atoms with van der Waals surface area (Å²) in [4.78, 5) is 11.1. The van der Waals surface area contributed by atoms with Crippen molar-refractivity contribution in [3.63, 3.8) is 0 Å². The third-order valence-electron chi connectivity index (χ3n) is 3.24. The largest absolute Gasteiger partial charge is 0.459 e. The molecule has 14 heavy (non-hydrogen) atoms. The van der Waals surface area contributed by atoms with E-state index in [1.807, 2.05) is 13.8 Å². The van der Waals surface area contributed by atoms with Gasteiger partial charge in [-0.05, 0) is 20.3 Å². The summed E-state index contributed by atoms with van der Waals surface area (Å²) in [6, 6.07) is 0. The highest BCUT2D eigenvalue weighted by Gasteiger charge is 2.57. The van der Waals surface area contributed by atoms with Gasteiger partial charge in [0.2, 0.25) is 0 Å². The molecular formula is C10H14O4. The molecule has 3 rings (SSSR count). The first-order valence-electron chi connectivity index (χ1n) is 5.10. The average Bonchev–Trinajstić information content (AvgIpc) is 2.58. The smallest absolute Gasteiger partial charge is 0.306 e. The topological polar surface area (TPSA) is 44.8 Å². The van der Waals surface area contributed by atoms with Crippen LogP contribution < -0.4 is 0 Å². The van der Waals surface area contributed by atoms with Crippen LogP contribution in [0.25, 0.3) is 0 Å². The Balaban J connectivity index is 1.81. The average molecular weight is 198 g/mol. The minimum absolute atomic E-state index is 0.0403. The van der Waals surface area contributed by atoms with Gasteiger partial charge in [0.1, 0.15) is 12.2 Å². The Morgan fingerprint density at radius 2 is 2.07 bits per heavy atom. The van der Waals surface area contributed by atoms with Crippen LogP contribution in [0.4, 0.5) is 0 Å². The molecule has 1 unspecified atom stereocenters. The molecule has 4 nitrogen and oxygen atoms in total. The van der Waals surface area contributed by atoms with Crippen LogP contribution >= 0.6 is 0 Å². The van der Waals surface area contributed by atoms with E-state index in [1.165, 1.54) is 0 Å². The third kappa shape index (κ3) is 1.10. The van der Waals surface area contributed by atoms with Crippen LogP contribution in [0.1, 0.15) is 26.7 Å². The number of carbonyl (C=O) groups excluding carboxylic acids is 1. The van der Waals surface area contributed by atoms with Crippen molar-refractivity contribution in [2.24, 2.45) is 5.92 Å². The molecule has 0 amide bonds. The van der Waals surface area contributed by atoms with Gasteiger partial charge in [-0.1, -0.05) is 0 Å². The monoisotopic (exact) mass is 198 g/mol. The van der Waals surface area contributed by atoms with Crippen LogP contribution in [0.3, 0.4) is 0 Å². The molecule has 2 heterocycles. The van der Waals surface area contributed by atoms with Gasteiger partial charge in [-0.15, -0.1) is 0 Å². The van der Waals surface area contributed by atoms with E-state index in [2.05, 4.69) is 0 Å². The lowest BCUT2D eigenvalue weighted by Crippen LogP contribution is -2.31. The highest BCUT2D eigenvalue weighted by Crippen LogP contribution is 2.46. The Morgan fingerprint density at radius 1 is 1.29 bits per heavy atom. The highest BCUT2D eigenvalue weighted by molar-refractivity contribution is 5.72. The summed E-state index contributed by atoms with van der Waals surface area (Å²) in [5, 5.41) is 0. The van der Waals surface area contributed by atoms with Crippen LogP contribution in [-0.2, 0) is 19.0 Å². The van der Waals surface area contributed by atoms with Crippen molar-refractivity contribution >= 4 is 5.97 Å². The van der Waals surface area contributed by atoms with Gasteiger partial charge in [0.25, 0.3) is 0 Å². The molecule has 3 fully saturated rings. The van der Waals surface area contributed by atoms with Gasteiger partial charge in [-0.3, -0.25) is 4.79 Å². The minimum atomic E-state index is -0.519. The lowest BCUT2D eigenvalue weighted by molar-refractivity contribution is -0.169. The lowest BCUT2D eigenvalue weighted by atomic mass is 10.0. The number of hydrogen-bond donors (Lipinski definition) is 0. The quantitative estimate of drug-likeness (QED) is 0.541. The maximum atomic E-state index is 11.1. The van der Waals surface area contributed by atoms with Gasteiger partial charge in [0.15, 0.2) is 5.79 Å². The molecular weight excluding hydrogens is 184 g/mol. The van der Waals surface area contributed by atoms with Gasteiger partial charge < -0.3 is 14.2 Å². The van der Waals surface area contributed by atoms with Gasteiger partial charge in [-0.25, -0.2) is 0 Å². The summed E-state index contributed by atoms with van der Waals surface area (Å²) in [7, 11) is 0. The zero-order chi connectivity index (χ0) is 9.92. The first-order chi connectivity index (χ1) is 6.55. The fourth-order valence-corrected chi connectivity index (χ4v) is 2.80. The van der Waals surface area contributed by atoms with Crippen molar-refractivity contribution < 1.29 is 19.0 Å². The molecule has 0 N–H and O–H groups in total. The molecule has 4 heteroatoms. The molecule has 0 bridgehead atoms. The number of hydrogen-bond acceptors (Lipinski definition) is 4. The van der Waals surface area contributed by atoms with Crippen molar-refractivity contribution in [3.8, 4) is 0 Å². The molecule has 0 spiro atoms. The van der Waals surface area contributed by atoms with Crippen molar-refractivity contribution in [3.05, 3.63) is 0 Å². The molecule has 0 aromatic rings. The Bertz CT molecular complexity index is 286.